The molecule has 2 aromatic heterocycles. The minimum Gasteiger partial charge on any atom is -0.487 e. The molecule has 0 aliphatic rings. The summed E-state index contributed by atoms with van der Waals surface area (Å²) in [5.41, 5.74) is 3.91. The molecule has 32 heavy (non-hydrogen) atoms. The van der Waals surface area contributed by atoms with E-state index in [0.717, 1.165) is 48.4 Å². The fraction of sp³-hybridized carbons (Fsp3) is 0.192. The monoisotopic (exact) mass is 424 g/mol. The van der Waals surface area contributed by atoms with E-state index in [0.29, 0.717) is 12.5 Å². The van der Waals surface area contributed by atoms with Crippen molar-refractivity contribution >= 4 is 12.2 Å². The predicted octanol–water partition coefficient (Wildman–Crippen LogP) is 5.02. The van der Waals surface area contributed by atoms with Crippen molar-refractivity contribution in [3.05, 3.63) is 95.5 Å². The van der Waals surface area contributed by atoms with E-state index in [1.54, 1.807) is 12.5 Å². The Balaban J connectivity index is 1.21. The molecule has 0 aliphatic carbocycles. The van der Waals surface area contributed by atoms with Gasteiger partial charge in [-0.25, -0.2) is 4.98 Å². The highest BCUT2D eigenvalue weighted by molar-refractivity contribution is 5.66. The van der Waals surface area contributed by atoms with Gasteiger partial charge < -0.3 is 9.15 Å². The van der Waals surface area contributed by atoms with Gasteiger partial charge in [-0.2, -0.15) is 0 Å². The average molecular weight is 425 g/mol. The molecule has 0 saturated heterocycles. The van der Waals surface area contributed by atoms with E-state index in [-0.39, 0.29) is 0 Å². The fourth-order valence-corrected chi connectivity index (χ4v) is 3.19. The first-order chi connectivity index (χ1) is 15.8. The van der Waals surface area contributed by atoms with Gasteiger partial charge in [0.15, 0.2) is 0 Å². The second kappa shape index (κ2) is 10.8. The molecule has 2 aromatic carbocycles. The van der Waals surface area contributed by atoms with Crippen LogP contribution in [0, 0.1) is 12.3 Å². The van der Waals surface area contributed by atoms with Crippen LogP contribution in [0.5, 0.6) is 5.75 Å². The van der Waals surface area contributed by atoms with E-state index < -0.39 is 0 Å². The Bertz CT molecular complexity index is 1170. The molecule has 160 valence electrons. The van der Waals surface area contributed by atoms with Gasteiger partial charge in [0.05, 0.1) is 6.20 Å². The minimum absolute atomic E-state index is 0.353. The third-order valence-corrected chi connectivity index (χ3v) is 4.95. The number of aromatic nitrogens is 4. The summed E-state index contributed by atoms with van der Waals surface area (Å²) in [6, 6.07) is 15.9. The SMILES string of the molecule is C#Cc1ccc(/C=C/c2nc(COc3ccc(CCCCn4ccnn4)cc3)co2)cc1. The lowest BCUT2D eigenvalue weighted by Gasteiger charge is -2.06. The average Bonchev–Trinajstić information content (AvgIpc) is 3.52. The summed E-state index contributed by atoms with van der Waals surface area (Å²) in [7, 11) is 0. The second-order valence-electron chi connectivity index (χ2n) is 7.33. The van der Waals surface area contributed by atoms with E-state index in [9.17, 15) is 0 Å². The smallest absolute Gasteiger partial charge is 0.218 e. The molecule has 0 N–H and O–H groups in total. The highest BCUT2D eigenvalue weighted by atomic mass is 16.5. The van der Waals surface area contributed by atoms with Crippen molar-refractivity contribution in [2.75, 3.05) is 0 Å². The van der Waals surface area contributed by atoms with Gasteiger partial charge in [0, 0.05) is 24.4 Å². The predicted molar refractivity (Wildman–Crippen MR) is 124 cm³/mol. The number of hydrogen-bond acceptors (Lipinski definition) is 5. The first kappa shape index (κ1) is 21.1. The highest BCUT2D eigenvalue weighted by Crippen LogP contribution is 2.16. The lowest BCUT2D eigenvalue weighted by Crippen LogP contribution is -1.99. The van der Waals surface area contributed by atoms with Crippen molar-refractivity contribution in [1.82, 2.24) is 20.0 Å². The second-order valence-corrected chi connectivity index (χ2v) is 7.33. The van der Waals surface area contributed by atoms with Gasteiger partial charge >= 0.3 is 0 Å². The van der Waals surface area contributed by atoms with Gasteiger partial charge in [0.25, 0.3) is 0 Å². The van der Waals surface area contributed by atoms with Gasteiger partial charge in [0.2, 0.25) is 5.89 Å². The summed E-state index contributed by atoms with van der Waals surface area (Å²) in [4.78, 5) is 4.44. The summed E-state index contributed by atoms with van der Waals surface area (Å²) in [6.45, 7) is 1.25. The molecule has 0 aliphatic heterocycles. The van der Waals surface area contributed by atoms with Crippen LogP contribution in [0.4, 0.5) is 0 Å². The maximum atomic E-state index is 5.84. The third kappa shape index (κ3) is 6.19. The number of unbranched alkanes of at least 4 members (excludes halogenated alkanes) is 1. The van der Waals surface area contributed by atoms with Gasteiger partial charge in [-0.05, 0) is 60.7 Å². The Hall–Kier alpha value is -4.11. The lowest BCUT2D eigenvalue weighted by molar-refractivity contribution is 0.301. The van der Waals surface area contributed by atoms with E-state index in [1.165, 1.54) is 5.56 Å². The molecule has 0 fully saturated rings. The van der Waals surface area contributed by atoms with Crippen molar-refractivity contribution < 1.29 is 9.15 Å². The zero-order valence-electron chi connectivity index (χ0n) is 17.7. The number of terminal acetylenes is 1. The van der Waals surface area contributed by atoms with Gasteiger partial charge in [-0.15, -0.1) is 11.5 Å². The molecule has 0 amide bonds. The molecule has 4 aromatic rings. The maximum Gasteiger partial charge on any atom is 0.218 e. The summed E-state index contributed by atoms with van der Waals surface area (Å²) in [5.74, 6) is 3.95. The van der Waals surface area contributed by atoms with Crippen LogP contribution < -0.4 is 4.74 Å². The number of nitrogens with zero attached hydrogens (tertiary/aromatic N) is 4. The number of benzene rings is 2. The zero-order valence-corrected chi connectivity index (χ0v) is 17.7. The molecule has 0 atom stereocenters. The summed E-state index contributed by atoms with van der Waals surface area (Å²) >= 11 is 0. The van der Waals surface area contributed by atoms with Crippen molar-refractivity contribution in [2.45, 2.75) is 32.4 Å². The summed E-state index contributed by atoms with van der Waals surface area (Å²) in [5, 5.41) is 7.79. The zero-order chi connectivity index (χ0) is 22.0. The largest absolute Gasteiger partial charge is 0.487 e. The number of hydrogen-bond donors (Lipinski definition) is 0. The standard InChI is InChI=1S/C26H24N4O2/c1-2-21-6-8-23(9-7-21)12-15-26-28-24(20-32-26)19-31-25-13-10-22(11-14-25)5-3-4-17-30-18-16-27-29-30/h1,6-16,18,20H,3-5,17,19H2/b15-12+. The van der Waals surface area contributed by atoms with Gasteiger partial charge in [-0.3, -0.25) is 4.68 Å². The van der Waals surface area contributed by atoms with Crippen LogP contribution in [0.1, 0.15) is 41.1 Å². The van der Waals surface area contributed by atoms with E-state index in [2.05, 4.69) is 33.3 Å². The van der Waals surface area contributed by atoms with Crippen molar-refractivity contribution in [3.8, 4) is 18.1 Å². The van der Waals surface area contributed by atoms with E-state index in [1.807, 2.05) is 59.4 Å². The minimum atomic E-state index is 0.353. The third-order valence-electron chi connectivity index (χ3n) is 4.95. The van der Waals surface area contributed by atoms with Crippen LogP contribution in [0.15, 0.2) is 71.6 Å². The van der Waals surface area contributed by atoms with Crippen LogP contribution in [0.2, 0.25) is 0 Å². The maximum absolute atomic E-state index is 5.84. The molecule has 0 saturated carbocycles. The molecule has 0 bridgehead atoms. The van der Waals surface area contributed by atoms with Crippen molar-refractivity contribution in [3.63, 3.8) is 0 Å². The van der Waals surface area contributed by atoms with Crippen molar-refractivity contribution in [1.29, 1.82) is 0 Å². The Morgan fingerprint density at radius 1 is 1.03 bits per heavy atom. The normalized spacial score (nSPS) is 11.0. The molecule has 0 radical (unpaired) electrons. The first-order valence-corrected chi connectivity index (χ1v) is 10.5. The quantitative estimate of drug-likeness (QED) is 0.264. The number of rotatable bonds is 10. The first-order valence-electron chi connectivity index (χ1n) is 10.5. The van der Waals surface area contributed by atoms with Crippen LogP contribution in [0.25, 0.3) is 12.2 Å². The van der Waals surface area contributed by atoms with Crippen LogP contribution in [-0.4, -0.2) is 20.0 Å². The molecule has 4 rings (SSSR count). The topological polar surface area (TPSA) is 66.0 Å². The Morgan fingerprint density at radius 3 is 2.62 bits per heavy atom. The molecule has 0 spiro atoms. The van der Waals surface area contributed by atoms with Crippen LogP contribution in [0.3, 0.4) is 0 Å². The summed E-state index contributed by atoms with van der Waals surface area (Å²) < 4.78 is 13.2. The summed E-state index contributed by atoms with van der Waals surface area (Å²) in [6.07, 6.45) is 17.5. The van der Waals surface area contributed by atoms with Gasteiger partial charge in [0.1, 0.15) is 24.3 Å². The number of oxazole rings is 1. The molecule has 6 heteroatoms. The Labute approximate surface area is 187 Å². The molecule has 0 unspecified atom stereocenters. The fourth-order valence-electron chi connectivity index (χ4n) is 3.19. The molecule has 2 heterocycles. The highest BCUT2D eigenvalue weighted by Gasteiger charge is 2.03. The molecular formula is C26H24N4O2. The van der Waals surface area contributed by atoms with Crippen LogP contribution >= 0.6 is 0 Å². The Kier molecular flexibility index (Phi) is 7.12. The van der Waals surface area contributed by atoms with Gasteiger partial charge in [-0.1, -0.05) is 35.4 Å². The number of aryl methyl sites for hydroxylation is 2. The van der Waals surface area contributed by atoms with Crippen molar-refractivity contribution in [2.24, 2.45) is 0 Å². The number of ether oxygens (including phenoxy) is 1. The molecule has 6 nitrogen and oxygen atoms in total. The van der Waals surface area contributed by atoms with Crippen LogP contribution in [-0.2, 0) is 19.6 Å². The van der Waals surface area contributed by atoms with E-state index >= 15 is 0 Å². The van der Waals surface area contributed by atoms with E-state index in [4.69, 9.17) is 15.6 Å². The molecular weight excluding hydrogens is 400 g/mol. The lowest BCUT2D eigenvalue weighted by atomic mass is 10.1. The Morgan fingerprint density at radius 2 is 1.88 bits per heavy atom.